The Bertz CT molecular complexity index is 1040. The van der Waals surface area contributed by atoms with E-state index in [0.29, 0.717) is 22.8 Å². The molecule has 0 saturated carbocycles. The van der Waals surface area contributed by atoms with Gasteiger partial charge in [0.2, 0.25) is 0 Å². The third-order valence-electron chi connectivity index (χ3n) is 5.36. The van der Waals surface area contributed by atoms with Gasteiger partial charge in [0.25, 0.3) is 5.91 Å². The van der Waals surface area contributed by atoms with E-state index in [1.807, 2.05) is 0 Å². The Morgan fingerprint density at radius 1 is 1.06 bits per heavy atom. The zero-order chi connectivity index (χ0) is 24.3. The van der Waals surface area contributed by atoms with Gasteiger partial charge in [-0.25, -0.2) is 0 Å². The summed E-state index contributed by atoms with van der Waals surface area (Å²) in [5.74, 6) is 0.384. The minimum absolute atomic E-state index is 0.232. The summed E-state index contributed by atoms with van der Waals surface area (Å²) in [4.78, 5) is 12.6. The van der Waals surface area contributed by atoms with Crippen molar-refractivity contribution >= 4 is 17.7 Å². The summed E-state index contributed by atoms with van der Waals surface area (Å²) in [5, 5.41) is -0.680. The Morgan fingerprint density at radius 2 is 1.70 bits per heavy atom. The number of rotatable bonds is 8. The number of carbonyl (C=O) groups excluding carboxylic acids is 1. The average molecular weight is 483 g/mol. The standard InChI is InChI=1S/C23H25F3N2O4S/c1-13-28(21(23(24,25)26)20(33-13)22(27)29)17(11-14-5-8-16(30-2)9-6-14)15-7-10-18(31-3)19(12-15)32-4/h5-10,12-13,17H,11H2,1-4H3,(H2,27,29). The first-order valence-corrected chi connectivity index (χ1v) is 10.9. The van der Waals surface area contributed by atoms with Gasteiger partial charge >= 0.3 is 6.18 Å². The fourth-order valence-corrected chi connectivity index (χ4v) is 5.02. The molecule has 0 saturated heterocycles. The van der Waals surface area contributed by atoms with E-state index in [9.17, 15) is 18.0 Å². The van der Waals surface area contributed by atoms with Gasteiger partial charge in [0, 0.05) is 0 Å². The summed E-state index contributed by atoms with van der Waals surface area (Å²) < 4.78 is 58.4. The molecule has 0 aromatic heterocycles. The number of amides is 1. The van der Waals surface area contributed by atoms with E-state index >= 15 is 0 Å². The number of alkyl halides is 3. The van der Waals surface area contributed by atoms with Crippen molar-refractivity contribution in [2.45, 2.75) is 30.9 Å². The lowest BCUT2D eigenvalue weighted by Gasteiger charge is -2.36. The molecule has 1 amide bonds. The normalized spacial score (nSPS) is 17.2. The van der Waals surface area contributed by atoms with E-state index in [0.717, 1.165) is 17.3 Å². The van der Waals surface area contributed by atoms with E-state index in [2.05, 4.69) is 0 Å². The molecule has 178 valence electrons. The number of primary amides is 1. The highest BCUT2D eigenvalue weighted by molar-refractivity contribution is 8.04. The number of benzene rings is 2. The monoisotopic (exact) mass is 482 g/mol. The maximum Gasteiger partial charge on any atom is 0.432 e. The molecule has 3 rings (SSSR count). The van der Waals surface area contributed by atoms with E-state index in [1.165, 1.54) is 26.2 Å². The Hall–Kier alpha value is -3.01. The summed E-state index contributed by atoms with van der Waals surface area (Å²) in [5.41, 5.74) is 5.66. The molecule has 33 heavy (non-hydrogen) atoms. The van der Waals surface area contributed by atoms with Gasteiger partial charge in [-0.2, -0.15) is 13.2 Å². The van der Waals surface area contributed by atoms with Crippen LogP contribution < -0.4 is 19.9 Å². The van der Waals surface area contributed by atoms with Gasteiger partial charge in [0.15, 0.2) is 11.5 Å². The summed E-state index contributed by atoms with van der Waals surface area (Å²) in [7, 11) is 4.48. The molecular weight excluding hydrogens is 457 g/mol. The molecule has 0 spiro atoms. The van der Waals surface area contributed by atoms with Crippen LogP contribution >= 0.6 is 11.8 Å². The predicted octanol–water partition coefficient (Wildman–Crippen LogP) is 4.65. The van der Waals surface area contributed by atoms with Crippen LogP contribution in [0.1, 0.15) is 24.1 Å². The first kappa shape index (κ1) is 24.6. The molecule has 1 aliphatic heterocycles. The van der Waals surface area contributed by atoms with Crippen molar-refractivity contribution in [3.8, 4) is 17.2 Å². The molecule has 1 aliphatic rings. The topological polar surface area (TPSA) is 74.0 Å². The molecule has 0 radical (unpaired) electrons. The van der Waals surface area contributed by atoms with Crippen molar-refractivity contribution in [3.63, 3.8) is 0 Å². The third kappa shape index (κ3) is 5.16. The van der Waals surface area contributed by atoms with Crippen LogP contribution in [0.5, 0.6) is 17.2 Å². The zero-order valence-corrected chi connectivity index (χ0v) is 19.4. The van der Waals surface area contributed by atoms with Crippen LogP contribution in [0.3, 0.4) is 0 Å². The van der Waals surface area contributed by atoms with E-state index < -0.39 is 34.1 Å². The number of ether oxygens (including phenoxy) is 3. The summed E-state index contributed by atoms with van der Waals surface area (Å²) in [6.07, 6.45) is -4.53. The summed E-state index contributed by atoms with van der Waals surface area (Å²) in [6.45, 7) is 1.62. The Balaban J connectivity index is 2.16. The lowest BCUT2D eigenvalue weighted by molar-refractivity contribution is -0.121. The number of hydrogen-bond donors (Lipinski definition) is 1. The van der Waals surface area contributed by atoms with Gasteiger partial charge in [-0.05, 0) is 48.7 Å². The molecule has 2 atom stereocenters. The van der Waals surface area contributed by atoms with Gasteiger partial charge in [-0.1, -0.05) is 30.0 Å². The first-order valence-electron chi connectivity index (χ1n) is 10.0. The maximum atomic E-state index is 14.2. The van der Waals surface area contributed by atoms with Crippen molar-refractivity contribution in [2.24, 2.45) is 5.73 Å². The van der Waals surface area contributed by atoms with Crippen LogP contribution in [0.25, 0.3) is 0 Å². The van der Waals surface area contributed by atoms with Crippen LogP contribution in [0.15, 0.2) is 53.1 Å². The molecule has 10 heteroatoms. The minimum atomic E-state index is -4.77. The number of allylic oxidation sites excluding steroid dienone is 1. The molecule has 6 nitrogen and oxygen atoms in total. The van der Waals surface area contributed by atoms with Crippen LogP contribution in [-0.4, -0.2) is 43.7 Å². The van der Waals surface area contributed by atoms with Gasteiger partial charge in [0.1, 0.15) is 16.4 Å². The number of hydrogen-bond acceptors (Lipinski definition) is 6. The molecule has 2 unspecified atom stereocenters. The maximum absolute atomic E-state index is 14.2. The second-order valence-electron chi connectivity index (χ2n) is 7.35. The molecule has 2 N–H and O–H groups in total. The molecule has 0 aliphatic carbocycles. The van der Waals surface area contributed by atoms with Gasteiger partial charge in [-0.15, -0.1) is 0 Å². The molecule has 1 heterocycles. The van der Waals surface area contributed by atoms with Crippen LogP contribution in [-0.2, 0) is 11.2 Å². The van der Waals surface area contributed by atoms with Gasteiger partial charge < -0.3 is 24.8 Å². The fourth-order valence-electron chi connectivity index (χ4n) is 3.86. The largest absolute Gasteiger partial charge is 0.497 e. The highest BCUT2D eigenvalue weighted by Gasteiger charge is 2.50. The number of halogens is 3. The summed E-state index contributed by atoms with van der Waals surface area (Å²) in [6, 6.07) is 11.3. The zero-order valence-electron chi connectivity index (χ0n) is 18.6. The molecular formula is C23H25F3N2O4S. The third-order valence-corrected chi connectivity index (χ3v) is 6.56. The molecule has 0 fully saturated rings. The van der Waals surface area contributed by atoms with E-state index in [1.54, 1.807) is 49.4 Å². The number of nitrogens with two attached hydrogens (primary N) is 1. The van der Waals surface area contributed by atoms with Crippen molar-refractivity contribution in [2.75, 3.05) is 21.3 Å². The van der Waals surface area contributed by atoms with Crippen LogP contribution in [0, 0.1) is 0 Å². The SMILES string of the molecule is COc1ccc(CC(c2ccc(OC)c(OC)c2)N2C(C(F)(F)F)=C(C(N)=O)SC2C)cc1. The van der Waals surface area contributed by atoms with Crippen molar-refractivity contribution in [3.05, 3.63) is 64.2 Å². The van der Waals surface area contributed by atoms with E-state index in [-0.39, 0.29) is 6.42 Å². The molecule has 2 aromatic carbocycles. The summed E-state index contributed by atoms with van der Waals surface area (Å²) >= 11 is 0.809. The fraction of sp³-hybridized carbons (Fsp3) is 0.348. The molecule has 2 aromatic rings. The number of methoxy groups -OCH3 is 3. The first-order chi connectivity index (χ1) is 15.6. The Morgan fingerprint density at radius 3 is 2.21 bits per heavy atom. The number of thioether (sulfide) groups is 1. The second kappa shape index (κ2) is 9.86. The van der Waals surface area contributed by atoms with Crippen molar-refractivity contribution < 1.29 is 32.2 Å². The second-order valence-corrected chi connectivity index (χ2v) is 8.67. The quantitative estimate of drug-likeness (QED) is 0.591. The molecule has 0 bridgehead atoms. The van der Waals surface area contributed by atoms with Gasteiger partial charge in [-0.3, -0.25) is 4.79 Å². The lowest BCUT2D eigenvalue weighted by atomic mass is 9.96. The smallest absolute Gasteiger partial charge is 0.432 e. The van der Waals surface area contributed by atoms with Crippen LogP contribution in [0.4, 0.5) is 13.2 Å². The highest BCUT2D eigenvalue weighted by atomic mass is 32.2. The average Bonchev–Trinajstić information content (AvgIpc) is 3.15. The van der Waals surface area contributed by atoms with E-state index in [4.69, 9.17) is 19.9 Å². The Kier molecular flexibility index (Phi) is 7.36. The minimum Gasteiger partial charge on any atom is -0.497 e. The number of nitrogens with zero attached hydrogens (tertiary/aromatic N) is 1. The van der Waals surface area contributed by atoms with Crippen molar-refractivity contribution in [1.29, 1.82) is 0 Å². The predicted molar refractivity (Wildman–Crippen MR) is 120 cm³/mol. The number of carbonyl (C=O) groups is 1. The lowest BCUT2D eigenvalue weighted by Crippen LogP contribution is -2.38. The van der Waals surface area contributed by atoms with Gasteiger partial charge in [0.05, 0.1) is 32.7 Å². The Labute approximate surface area is 194 Å². The highest BCUT2D eigenvalue weighted by Crippen LogP contribution is 2.50. The van der Waals surface area contributed by atoms with Crippen LogP contribution in [0.2, 0.25) is 0 Å². The van der Waals surface area contributed by atoms with Crippen molar-refractivity contribution in [1.82, 2.24) is 4.90 Å².